The summed E-state index contributed by atoms with van der Waals surface area (Å²) in [5.74, 6) is -0.955. The number of benzene rings is 2. The van der Waals surface area contributed by atoms with Gasteiger partial charge in [0.05, 0.1) is 27.3 Å². The van der Waals surface area contributed by atoms with Gasteiger partial charge >= 0.3 is 5.97 Å². The van der Waals surface area contributed by atoms with E-state index in [2.05, 4.69) is 4.98 Å². The number of ether oxygens (including phenoxy) is 1. The zero-order valence-electron chi connectivity index (χ0n) is 18.6. The number of fused-ring (bicyclic) bond motifs is 1. The average Bonchev–Trinajstić information content (AvgIpc) is 3.40. The van der Waals surface area contributed by atoms with Gasteiger partial charge in [0.2, 0.25) is 0 Å². The maximum atomic E-state index is 13.0. The summed E-state index contributed by atoms with van der Waals surface area (Å²) < 4.78 is 30.3. The fraction of sp³-hybridized carbons (Fsp3) is 0.375. The van der Waals surface area contributed by atoms with Gasteiger partial charge in [0.15, 0.2) is 16.4 Å². The minimum atomic E-state index is -3.14. The second-order valence-electron chi connectivity index (χ2n) is 8.22. The molecular weight excluding hydrogens is 460 g/mol. The highest BCUT2D eigenvalue weighted by atomic mass is 32.2. The van der Waals surface area contributed by atoms with Crippen LogP contribution in [0.25, 0.3) is 20.8 Å². The minimum absolute atomic E-state index is 0.0442. The van der Waals surface area contributed by atoms with Crippen LogP contribution in [0.5, 0.6) is 0 Å². The first-order valence-corrected chi connectivity index (χ1v) is 13.6. The molecule has 1 aromatic heterocycles. The second kappa shape index (κ2) is 9.61. The molecule has 33 heavy (non-hydrogen) atoms. The molecule has 0 spiro atoms. The van der Waals surface area contributed by atoms with Gasteiger partial charge in [-0.2, -0.15) is 0 Å². The van der Waals surface area contributed by atoms with Crippen molar-refractivity contribution in [2.75, 3.05) is 18.1 Å². The Hall–Kier alpha value is -2.78. The van der Waals surface area contributed by atoms with E-state index in [9.17, 15) is 18.0 Å². The van der Waals surface area contributed by atoms with Gasteiger partial charge in [0.1, 0.15) is 5.01 Å². The number of aromatic nitrogens is 1. The first-order chi connectivity index (χ1) is 15.8. The van der Waals surface area contributed by atoms with Gasteiger partial charge in [-0.05, 0) is 38.0 Å². The third-order valence-electron chi connectivity index (χ3n) is 5.95. The van der Waals surface area contributed by atoms with Crippen molar-refractivity contribution in [1.29, 1.82) is 0 Å². The number of amides is 1. The molecule has 0 radical (unpaired) electrons. The van der Waals surface area contributed by atoms with Crippen molar-refractivity contribution < 1.29 is 22.7 Å². The molecule has 174 valence electrons. The SMILES string of the molecule is CC[C@H](C)N(C(=O)COC(=O)c1ccccc1-c1nc2ccccc2s1)[C@@H]1CCS(=O)(=O)C1. The van der Waals surface area contributed by atoms with E-state index in [1.54, 1.807) is 17.0 Å². The van der Waals surface area contributed by atoms with Crippen molar-refractivity contribution in [1.82, 2.24) is 9.88 Å². The molecule has 4 rings (SSSR count). The predicted octanol–water partition coefficient (Wildman–Crippen LogP) is 3.93. The molecule has 2 aromatic carbocycles. The minimum Gasteiger partial charge on any atom is -0.452 e. The zero-order chi connectivity index (χ0) is 23.6. The Kier molecular flexibility index (Phi) is 6.81. The highest BCUT2D eigenvalue weighted by molar-refractivity contribution is 7.91. The predicted molar refractivity (Wildman–Crippen MR) is 129 cm³/mol. The Morgan fingerprint density at radius 3 is 2.61 bits per heavy atom. The molecule has 2 atom stereocenters. The highest BCUT2D eigenvalue weighted by Crippen LogP contribution is 2.32. The first kappa shape index (κ1) is 23.4. The van der Waals surface area contributed by atoms with Gasteiger partial charge in [-0.1, -0.05) is 37.3 Å². The zero-order valence-corrected chi connectivity index (χ0v) is 20.2. The number of thiazole rings is 1. The van der Waals surface area contributed by atoms with Crippen LogP contribution in [0.15, 0.2) is 48.5 Å². The molecule has 1 fully saturated rings. The molecule has 0 aliphatic carbocycles. The molecule has 0 bridgehead atoms. The van der Waals surface area contributed by atoms with Crippen molar-refractivity contribution >= 4 is 43.3 Å². The number of nitrogens with zero attached hydrogens (tertiary/aromatic N) is 2. The van der Waals surface area contributed by atoms with E-state index in [1.165, 1.54) is 11.3 Å². The van der Waals surface area contributed by atoms with Crippen molar-refractivity contribution in [2.24, 2.45) is 0 Å². The van der Waals surface area contributed by atoms with Gasteiger partial charge in [0.25, 0.3) is 5.91 Å². The number of sulfone groups is 1. The number of carbonyl (C=O) groups excluding carboxylic acids is 2. The Morgan fingerprint density at radius 2 is 1.91 bits per heavy atom. The third kappa shape index (κ3) is 5.09. The van der Waals surface area contributed by atoms with Crippen molar-refractivity contribution in [2.45, 2.75) is 38.8 Å². The van der Waals surface area contributed by atoms with Gasteiger partial charge in [-0.25, -0.2) is 18.2 Å². The monoisotopic (exact) mass is 486 g/mol. The first-order valence-electron chi connectivity index (χ1n) is 10.9. The maximum absolute atomic E-state index is 13.0. The topological polar surface area (TPSA) is 93.6 Å². The van der Waals surface area contributed by atoms with Crippen LogP contribution in [0.3, 0.4) is 0 Å². The van der Waals surface area contributed by atoms with E-state index >= 15 is 0 Å². The summed E-state index contributed by atoms with van der Waals surface area (Å²) in [5.41, 5.74) is 1.84. The smallest absolute Gasteiger partial charge is 0.339 e. The molecule has 1 aliphatic heterocycles. The second-order valence-corrected chi connectivity index (χ2v) is 11.5. The molecule has 1 aliphatic rings. The molecule has 0 unspecified atom stereocenters. The van der Waals surface area contributed by atoms with E-state index in [1.807, 2.05) is 50.2 Å². The molecule has 0 N–H and O–H groups in total. The van der Waals surface area contributed by atoms with Crippen molar-refractivity contribution in [3.63, 3.8) is 0 Å². The van der Waals surface area contributed by atoms with E-state index < -0.39 is 22.4 Å². The molecule has 0 saturated carbocycles. The molecule has 2 heterocycles. The normalized spacial score (nSPS) is 18.2. The number of rotatable bonds is 7. The van der Waals surface area contributed by atoms with Crippen LogP contribution < -0.4 is 0 Å². The van der Waals surface area contributed by atoms with Crippen LogP contribution in [0.4, 0.5) is 0 Å². The largest absolute Gasteiger partial charge is 0.452 e. The van der Waals surface area contributed by atoms with Gasteiger partial charge in [0, 0.05) is 17.6 Å². The lowest BCUT2D eigenvalue weighted by atomic mass is 10.1. The van der Waals surface area contributed by atoms with Crippen LogP contribution in [0, 0.1) is 0 Å². The molecule has 7 nitrogen and oxygen atoms in total. The lowest BCUT2D eigenvalue weighted by Crippen LogP contribution is -2.48. The summed E-state index contributed by atoms with van der Waals surface area (Å²) >= 11 is 1.48. The van der Waals surface area contributed by atoms with E-state index in [-0.39, 0.29) is 29.5 Å². The van der Waals surface area contributed by atoms with E-state index in [0.717, 1.165) is 10.2 Å². The van der Waals surface area contributed by atoms with E-state index in [0.29, 0.717) is 29.0 Å². The van der Waals surface area contributed by atoms with Gasteiger partial charge in [-0.3, -0.25) is 4.79 Å². The Labute approximate surface area is 197 Å². The van der Waals surface area contributed by atoms with Crippen molar-refractivity contribution in [3.05, 3.63) is 54.1 Å². The van der Waals surface area contributed by atoms with Crippen LogP contribution in [-0.2, 0) is 19.4 Å². The maximum Gasteiger partial charge on any atom is 0.339 e. The van der Waals surface area contributed by atoms with Gasteiger partial charge < -0.3 is 9.64 Å². The summed E-state index contributed by atoms with van der Waals surface area (Å²) in [4.78, 5) is 32.1. The fourth-order valence-electron chi connectivity index (χ4n) is 4.12. The number of esters is 1. The van der Waals surface area contributed by atoms with Crippen LogP contribution >= 0.6 is 11.3 Å². The summed E-state index contributed by atoms with van der Waals surface area (Å²) in [6.45, 7) is 3.38. The van der Waals surface area contributed by atoms with Crippen LogP contribution in [0.2, 0.25) is 0 Å². The summed E-state index contributed by atoms with van der Waals surface area (Å²) in [6.07, 6.45) is 1.09. The average molecular weight is 487 g/mol. The van der Waals surface area contributed by atoms with Gasteiger partial charge in [-0.15, -0.1) is 11.3 Å². The highest BCUT2D eigenvalue weighted by Gasteiger charge is 2.36. The lowest BCUT2D eigenvalue weighted by Gasteiger charge is -2.33. The lowest BCUT2D eigenvalue weighted by molar-refractivity contribution is -0.138. The molecule has 1 amide bonds. The van der Waals surface area contributed by atoms with Crippen LogP contribution in [-0.4, -0.2) is 60.4 Å². The Bertz CT molecular complexity index is 1250. The fourth-order valence-corrected chi connectivity index (χ4v) is 6.83. The third-order valence-corrected chi connectivity index (χ3v) is 8.77. The molecule has 1 saturated heterocycles. The number of para-hydroxylation sites is 1. The van der Waals surface area contributed by atoms with Crippen molar-refractivity contribution in [3.8, 4) is 10.6 Å². The van der Waals surface area contributed by atoms with Crippen LogP contribution in [0.1, 0.15) is 37.0 Å². The molecule has 3 aromatic rings. The number of hydrogen-bond acceptors (Lipinski definition) is 7. The Balaban J connectivity index is 1.51. The molecular formula is C24H26N2O5S2. The summed E-state index contributed by atoms with van der Waals surface area (Å²) in [7, 11) is -3.14. The van der Waals surface area contributed by atoms with E-state index in [4.69, 9.17) is 4.74 Å². The Morgan fingerprint density at radius 1 is 1.18 bits per heavy atom. The number of hydrogen-bond donors (Lipinski definition) is 0. The quantitative estimate of drug-likeness (QED) is 0.470. The summed E-state index contributed by atoms with van der Waals surface area (Å²) in [5, 5.41) is 0.701. The standard InChI is InChI=1S/C24H26N2O5S2/c1-3-16(2)26(17-12-13-33(29,30)15-17)22(27)14-31-24(28)19-9-5-4-8-18(19)23-25-20-10-6-7-11-21(20)32-23/h4-11,16-17H,3,12-15H2,1-2H3/t16-,17+/m0/s1. The number of carbonyl (C=O) groups is 2. The molecule has 9 heteroatoms. The summed E-state index contributed by atoms with van der Waals surface area (Å²) in [6, 6.07) is 14.2.